The van der Waals surface area contributed by atoms with Crippen LogP contribution in [0.15, 0.2) is 48.5 Å². The van der Waals surface area contributed by atoms with Crippen molar-refractivity contribution in [3.63, 3.8) is 0 Å². The summed E-state index contributed by atoms with van der Waals surface area (Å²) in [6.45, 7) is 1.00. The molecule has 3 rings (SSSR count). The van der Waals surface area contributed by atoms with Gasteiger partial charge in [0.15, 0.2) is 0 Å². The van der Waals surface area contributed by atoms with Crippen LogP contribution in [0.25, 0.3) is 0 Å². The largest absolute Gasteiger partial charge is 0.508 e. The highest BCUT2D eigenvalue weighted by atomic mass is 19.4. The van der Waals surface area contributed by atoms with Crippen molar-refractivity contribution in [3.05, 3.63) is 65.2 Å². The number of likely N-dealkylation sites (tertiary alicyclic amines) is 1. The minimum absolute atomic E-state index is 0.0675. The Kier molecular flexibility index (Phi) is 4.70. The summed E-state index contributed by atoms with van der Waals surface area (Å²) in [6.07, 6.45) is -2.97. The number of alkyl halides is 3. The zero-order valence-electron chi connectivity index (χ0n) is 13.5. The predicted octanol–water partition coefficient (Wildman–Crippen LogP) is 4.43. The minimum Gasteiger partial charge on any atom is -0.508 e. The van der Waals surface area contributed by atoms with Gasteiger partial charge in [0, 0.05) is 18.7 Å². The number of nitrogens with zero attached hydrogens (tertiary/aromatic N) is 1. The van der Waals surface area contributed by atoms with Crippen LogP contribution < -0.4 is 0 Å². The van der Waals surface area contributed by atoms with Gasteiger partial charge in [0.1, 0.15) is 5.75 Å². The fourth-order valence-electron chi connectivity index (χ4n) is 3.17. The first-order valence-corrected chi connectivity index (χ1v) is 8.10. The maximum Gasteiger partial charge on any atom is 0.416 e. The van der Waals surface area contributed by atoms with E-state index in [1.54, 1.807) is 17.0 Å². The van der Waals surface area contributed by atoms with Crippen molar-refractivity contribution in [1.82, 2.24) is 4.90 Å². The molecule has 0 unspecified atom stereocenters. The highest BCUT2D eigenvalue weighted by Gasteiger charge is 2.32. The third kappa shape index (κ3) is 3.95. The fourth-order valence-corrected chi connectivity index (χ4v) is 3.17. The number of aromatic hydroxyl groups is 1. The number of hydrogen-bond acceptors (Lipinski definition) is 2. The summed E-state index contributed by atoms with van der Waals surface area (Å²) in [7, 11) is 0. The summed E-state index contributed by atoms with van der Waals surface area (Å²) in [5.74, 6) is 0.127. The fraction of sp³-hybridized carbons (Fsp3) is 0.316. The Morgan fingerprint density at radius 1 is 1.04 bits per heavy atom. The molecule has 0 bridgehead atoms. The van der Waals surface area contributed by atoms with Gasteiger partial charge in [-0.1, -0.05) is 18.2 Å². The first-order chi connectivity index (χ1) is 11.8. The Hall–Kier alpha value is -2.50. The Morgan fingerprint density at radius 2 is 1.68 bits per heavy atom. The van der Waals surface area contributed by atoms with Crippen molar-refractivity contribution in [2.45, 2.75) is 24.9 Å². The van der Waals surface area contributed by atoms with E-state index in [4.69, 9.17) is 0 Å². The van der Waals surface area contributed by atoms with Gasteiger partial charge in [0.25, 0.3) is 5.91 Å². The smallest absolute Gasteiger partial charge is 0.416 e. The van der Waals surface area contributed by atoms with Crippen LogP contribution >= 0.6 is 0 Å². The second-order valence-electron chi connectivity index (χ2n) is 6.24. The molecule has 1 N–H and O–H groups in total. The van der Waals surface area contributed by atoms with Crippen molar-refractivity contribution < 1.29 is 23.1 Å². The van der Waals surface area contributed by atoms with Gasteiger partial charge in [-0.15, -0.1) is 0 Å². The number of piperidine rings is 1. The molecule has 0 aliphatic carbocycles. The number of rotatable bonds is 2. The number of hydrogen-bond donors (Lipinski definition) is 1. The predicted molar refractivity (Wildman–Crippen MR) is 87.4 cm³/mol. The third-order valence-corrected chi connectivity index (χ3v) is 4.58. The van der Waals surface area contributed by atoms with Crippen LogP contribution in [-0.2, 0) is 6.18 Å². The summed E-state index contributed by atoms with van der Waals surface area (Å²) in [6, 6.07) is 11.6. The van der Waals surface area contributed by atoms with Gasteiger partial charge in [0.2, 0.25) is 0 Å². The molecule has 1 heterocycles. The number of phenols is 1. The van der Waals surface area contributed by atoms with E-state index < -0.39 is 11.7 Å². The van der Waals surface area contributed by atoms with E-state index >= 15 is 0 Å². The number of carbonyl (C=O) groups excluding carboxylic acids is 1. The second kappa shape index (κ2) is 6.78. The summed E-state index contributed by atoms with van der Waals surface area (Å²) in [4.78, 5) is 14.1. The topological polar surface area (TPSA) is 40.5 Å². The van der Waals surface area contributed by atoms with Crippen molar-refractivity contribution >= 4 is 5.91 Å². The molecule has 0 radical (unpaired) electrons. The minimum atomic E-state index is -4.46. The molecule has 0 aromatic heterocycles. The molecule has 132 valence electrons. The first-order valence-electron chi connectivity index (χ1n) is 8.10. The number of halogens is 3. The SMILES string of the molecule is O=C(c1cccc(C(F)(F)F)c1)N1CCC(c2ccc(O)cc2)CC1. The number of benzene rings is 2. The Morgan fingerprint density at radius 3 is 2.28 bits per heavy atom. The van der Waals surface area contributed by atoms with Crippen molar-refractivity contribution in [2.24, 2.45) is 0 Å². The standard InChI is InChI=1S/C19H18F3NO2/c20-19(21,22)16-3-1-2-15(12-16)18(25)23-10-8-14(9-11-23)13-4-6-17(24)7-5-13/h1-7,12,14,24H,8-11H2. The lowest BCUT2D eigenvalue weighted by Crippen LogP contribution is -2.38. The van der Waals surface area contributed by atoms with Gasteiger partial charge in [-0.25, -0.2) is 0 Å². The molecule has 25 heavy (non-hydrogen) atoms. The molecule has 0 saturated carbocycles. The molecule has 2 aromatic rings. The summed E-state index contributed by atoms with van der Waals surface area (Å²) < 4.78 is 38.4. The lowest BCUT2D eigenvalue weighted by atomic mass is 9.89. The Balaban J connectivity index is 1.66. The first kappa shape index (κ1) is 17.3. The maximum atomic E-state index is 12.8. The monoisotopic (exact) mass is 349 g/mol. The highest BCUT2D eigenvalue weighted by molar-refractivity contribution is 5.94. The van der Waals surface area contributed by atoms with Crippen LogP contribution in [0.4, 0.5) is 13.2 Å². The number of phenolic OH excluding ortho intramolecular Hbond substituents is 1. The van der Waals surface area contributed by atoms with Gasteiger partial charge in [0.05, 0.1) is 5.56 Å². The quantitative estimate of drug-likeness (QED) is 0.871. The lowest BCUT2D eigenvalue weighted by Gasteiger charge is -2.32. The van der Waals surface area contributed by atoms with E-state index in [1.807, 2.05) is 12.1 Å². The zero-order valence-corrected chi connectivity index (χ0v) is 13.5. The Bertz CT molecular complexity index is 748. The lowest BCUT2D eigenvalue weighted by molar-refractivity contribution is -0.137. The molecular weight excluding hydrogens is 331 g/mol. The van der Waals surface area contributed by atoms with Crippen molar-refractivity contribution in [2.75, 3.05) is 13.1 Å². The van der Waals surface area contributed by atoms with E-state index in [0.717, 1.165) is 30.5 Å². The van der Waals surface area contributed by atoms with Gasteiger partial charge < -0.3 is 10.0 Å². The van der Waals surface area contributed by atoms with Crippen LogP contribution in [0, 0.1) is 0 Å². The van der Waals surface area contributed by atoms with Crippen molar-refractivity contribution in [3.8, 4) is 5.75 Å². The molecule has 1 saturated heterocycles. The normalized spacial score (nSPS) is 16.0. The van der Waals surface area contributed by atoms with E-state index in [1.165, 1.54) is 12.1 Å². The highest BCUT2D eigenvalue weighted by Crippen LogP contribution is 2.31. The molecule has 1 aliphatic rings. The van der Waals surface area contributed by atoms with Gasteiger partial charge in [-0.3, -0.25) is 4.79 Å². The maximum absolute atomic E-state index is 12.8. The summed E-state index contributed by atoms with van der Waals surface area (Å²) in [5, 5.41) is 9.34. The number of amides is 1. The molecule has 1 fully saturated rings. The molecule has 6 heteroatoms. The van der Waals surface area contributed by atoms with Crippen molar-refractivity contribution in [1.29, 1.82) is 0 Å². The van der Waals surface area contributed by atoms with Gasteiger partial charge >= 0.3 is 6.18 Å². The average molecular weight is 349 g/mol. The summed E-state index contributed by atoms with van der Waals surface area (Å²) >= 11 is 0. The van der Waals surface area contributed by atoms with E-state index in [9.17, 15) is 23.1 Å². The molecule has 0 atom stereocenters. The Labute approximate surface area is 143 Å². The summed E-state index contributed by atoms with van der Waals surface area (Å²) in [5.41, 5.74) is 0.360. The number of carbonyl (C=O) groups is 1. The second-order valence-corrected chi connectivity index (χ2v) is 6.24. The van der Waals surface area contributed by atoms with Crippen LogP contribution in [0.2, 0.25) is 0 Å². The van der Waals surface area contributed by atoms with Crippen LogP contribution in [-0.4, -0.2) is 29.0 Å². The average Bonchev–Trinajstić information content (AvgIpc) is 2.61. The molecule has 1 amide bonds. The van der Waals surface area contributed by atoms with Crippen LogP contribution in [0.3, 0.4) is 0 Å². The van der Waals surface area contributed by atoms with Gasteiger partial charge in [-0.05, 0) is 54.7 Å². The van der Waals surface area contributed by atoms with Crippen LogP contribution in [0.1, 0.15) is 40.2 Å². The zero-order chi connectivity index (χ0) is 18.0. The molecular formula is C19H18F3NO2. The molecule has 1 aliphatic heterocycles. The van der Waals surface area contributed by atoms with E-state index in [2.05, 4.69) is 0 Å². The van der Waals surface area contributed by atoms with Gasteiger partial charge in [-0.2, -0.15) is 13.2 Å². The molecule has 3 nitrogen and oxygen atoms in total. The van der Waals surface area contributed by atoms with Crippen LogP contribution in [0.5, 0.6) is 5.75 Å². The third-order valence-electron chi connectivity index (χ3n) is 4.58. The molecule has 0 spiro atoms. The molecule has 2 aromatic carbocycles. The van der Waals surface area contributed by atoms with E-state index in [-0.39, 0.29) is 23.1 Å². The van der Waals surface area contributed by atoms with E-state index in [0.29, 0.717) is 13.1 Å².